The number of aromatic nitrogens is 2. The molecule has 1 saturated heterocycles. The van der Waals surface area contributed by atoms with E-state index in [1.807, 2.05) is 14.0 Å². The van der Waals surface area contributed by atoms with E-state index in [-0.39, 0.29) is 0 Å². The first-order valence-electron chi connectivity index (χ1n) is 6.65. The third kappa shape index (κ3) is 3.25. The lowest BCUT2D eigenvalue weighted by molar-refractivity contribution is 0.216. The van der Waals surface area contributed by atoms with Crippen LogP contribution in [0, 0.1) is 12.8 Å². The molecular formula is C13H23ClN4. The summed E-state index contributed by atoms with van der Waals surface area (Å²) in [5, 5.41) is 8.60. The maximum Gasteiger partial charge on any atom is 0.131 e. The van der Waals surface area contributed by atoms with Crippen LogP contribution in [0.3, 0.4) is 0 Å². The molecule has 1 fully saturated rings. The SMILES string of the molecule is Cc1nn(C)c(Cl)c1CNCC1CCN(C)CC1. The Hall–Kier alpha value is -0.580. The van der Waals surface area contributed by atoms with Gasteiger partial charge in [-0.25, -0.2) is 0 Å². The van der Waals surface area contributed by atoms with Gasteiger partial charge in [-0.1, -0.05) is 11.6 Å². The molecule has 0 aromatic carbocycles. The first-order valence-corrected chi connectivity index (χ1v) is 7.03. The highest BCUT2D eigenvalue weighted by Gasteiger charge is 2.17. The van der Waals surface area contributed by atoms with Gasteiger partial charge in [0, 0.05) is 19.2 Å². The van der Waals surface area contributed by atoms with Gasteiger partial charge in [0.15, 0.2) is 0 Å². The predicted molar refractivity (Wildman–Crippen MR) is 74.9 cm³/mol. The van der Waals surface area contributed by atoms with Crippen LogP contribution in [0.15, 0.2) is 0 Å². The number of likely N-dealkylation sites (tertiary alicyclic amines) is 1. The summed E-state index contributed by atoms with van der Waals surface area (Å²) in [4.78, 5) is 2.40. The van der Waals surface area contributed by atoms with Gasteiger partial charge in [-0.3, -0.25) is 4.68 Å². The summed E-state index contributed by atoms with van der Waals surface area (Å²) in [6.07, 6.45) is 2.59. The predicted octanol–water partition coefficient (Wildman–Crippen LogP) is 1.81. The Morgan fingerprint density at radius 2 is 2.00 bits per heavy atom. The van der Waals surface area contributed by atoms with Crippen LogP contribution in [0.25, 0.3) is 0 Å². The molecular weight excluding hydrogens is 248 g/mol. The van der Waals surface area contributed by atoms with Crippen LogP contribution < -0.4 is 5.32 Å². The molecule has 1 aliphatic heterocycles. The Morgan fingerprint density at radius 3 is 2.56 bits per heavy atom. The van der Waals surface area contributed by atoms with E-state index in [1.165, 1.54) is 25.9 Å². The highest BCUT2D eigenvalue weighted by atomic mass is 35.5. The minimum Gasteiger partial charge on any atom is -0.312 e. The second kappa shape index (κ2) is 6.04. The normalized spacial score (nSPS) is 18.4. The van der Waals surface area contributed by atoms with Crippen LogP contribution in [0.2, 0.25) is 5.15 Å². The Bertz CT molecular complexity index is 394. The summed E-state index contributed by atoms with van der Waals surface area (Å²) in [6, 6.07) is 0. The second-order valence-electron chi connectivity index (χ2n) is 5.36. The number of hydrogen-bond donors (Lipinski definition) is 1. The molecule has 1 N–H and O–H groups in total. The number of nitrogens with one attached hydrogen (secondary N) is 1. The average Bonchev–Trinajstić information content (AvgIpc) is 2.58. The van der Waals surface area contributed by atoms with Gasteiger partial charge in [-0.05, 0) is 52.4 Å². The maximum atomic E-state index is 6.21. The Kier molecular flexibility index (Phi) is 4.65. The van der Waals surface area contributed by atoms with Crippen molar-refractivity contribution in [2.75, 3.05) is 26.7 Å². The van der Waals surface area contributed by atoms with Crippen LogP contribution in [0.5, 0.6) is 0 Å². The van der Waals surface area contributed by atoms with Gasteiger partial charge in [0.2, 0.25) is 0 Å². The fourth-order valence-corrected chi connectivity index (χ4v) is 2.78. The number of hydrogen-bond acceptors (Lipinski definition) is 3. The molecule has 4 nitrogen and oxygen atoms in total. The van der Waals surface area contributed by atoms with Gasteiger partial charge in [-0.2, -0.15) is 5.10 Å². The fraction of sp³-hybridized carbons (Fsp3) is 0.769. The van der Waals surface area contributed by atoms with Crippen LogP contribution in [-0.2, 0) is 13.6 Å². The summed E-state index contributed by atoms with van der Waals surface area (Å²) in [5.41, 5.74) is 2.16. The van der Waals surface area contributed by atoms with Crippen molar-refractivity contribution in [3.63, 3.8) is 0 Å². The third-order valence-corrected chi connectivity index (χ3v) is 4.32. The molecule has 0 spiro atoms. The van der Waals surface area contributed by atoms with Crippen LogP contribution in [0.4, 0.5) is 0 Å². The fourth-order valence-electron chi connectivity index (χ4n) is 2.54. The lowest BCUT2D eigenvalue weighted by atomic mass is 9.97. The minimum absolute atomic E-state index is 0.753. The highest BCUT2D eigenvalue weighted by molar-refractivity contribution is 6.30. The number of piperidine rings is 1. The zero-order chi connectivity index (χ0) is 13.1. The average molecular weight is 271 g/mol. The topological polar surface area (TPSA) is 33.1 Å². The lowest BCUT2D eigenvalue weighted by Crippen LogP contribution is -2.34. The van der Waals surface area contributed by atoms with Crippen LogP contribution in [0.1, 0.15) is 24.1 Å². The first kappa shape index (κ1) is 13.8. The molecule has 102 valence electrons. The molecule has 0 aliphatic carbocycles. The molecule has 1 aliphatic rings. The quantitative estimate of drug-likeness (QED) is 0.906. The summed E-state index contributed by atoms with van der Waals surface area (Å²) in [6.45, 7) is 6.36. The molecule has 0 saturated carbocycles. The number of rotatable bonds is 4. The third-order valence-electron chi connectivity index (χ3n) is 3.84. The molecule has 2 heterocycles. The zero-order valence-corrected chi connectivity index (χ0v) is 12.3. The molecule has 1 aromatic rings. The molecule has 18 heavy (non-hydrogen) atoms. The summed E-state index contributed by atoms with van der Waals surface area (Å²) >= 11 is 6.21. The van der Waals surface area contributed by atoms with Gasteiger partial charge >= 0.3 is 0 Å². The van der Waals surface area contributed by atoms with Gasteiger partial charge in [0.05, 0.1) is 5.69 Å². The van der Waals surface area contributed by atoms with Crippen molar-refractivity contribution in [3.05, 3.63) is 16.4 Å². The molecule has 0 radical (unpaired) electrons. The summed E-state index contributed by atoms with van der Waals surface area (Å²) in [7, 11) is 4.08. The molecule has 5 heteroatoms. The van der Waals surface area contributed by atoms with E-state index < -0.39 is 0 Å². The van der Waals surface area contributed by atoms with E-state index in [4.69, 9.17) is 11.6 Å². The van der Waals surface area contributed by atoms with E-state index in [0.29, 0.717) is 0 Å². The van der Waals surface area contributed by atoms with Gasteiger partial charge in [-0.15, -0.1) is 0 Å². The van der Waals surface area contributed by atoms with Gasteiger partial charge in [0.25, 0.3) is 0 Å². The Balaban J connectivity index is 1.78. The second-order valence-corrected chi connectivity index (χ2v) is 5.71. The van der Waals surface area contributed by atoms with E-state index >= 15 is 0 Å². The number of halogens is 1. The van der Waals surface area contributed by atoms with E-state index in [2.05, 4.69) is 22.4 Å². The molecule has 0 atom stereocenters. The van der Waals surface area contributed by atoms with Crippen molar-refractivity contribution in [3.8, 4) is 0 Å². The maximum absolute atomic E-state index is 6.21. The Labute approximate surface area is 114 Å². The van der Waals surface area contributed by atoms with Crippen LogP contribution in [-0.4, -0.2) is 41.4 Å². The number of nitrogens with zero attached hydrogens (tertiary/aromatic N) is 3. The highest BCUT2D eigenvalue weighted by Crippen LogP contribution is 2.19. The van der Waals surface area contributed by atoms with E-state index in [1.54, 1.807) is 4.68 Å². The molecule has 1 aromatic heterocycles. The summed E-state index contributed by atoms with van der Waals surface area (Å²) in [5.74, 6) is 0.803. The van der Waals surface area contributed by atoms with Crippen molar-refractivity contribution >= 4 is 11.6 Å². The smallest absolute Gasteiger partial charge is 0.131 e. The van der Waals surface area contributed by atoms with Gasteiger partial charge < -0.3 is 10.2 Å². The standard InChI is InChI=1S/C13H23ClN4/c1-10-12(13(14)18(3)16-10)9-15-8-11-4-6-17(2)7-5-11/h11,15H,4-9H2,1-3H3. The molecule has 0 unspecified atom stereocenters. The zero-order valence-electron chi connectivity index (χ0n) is 11.5. The van der Waals surface area contributed by atoms with E-state index in [0.717, 1.165) is 35.4 Å². The first-order chi connectivity index (χ1) is 8.58. The van der Waals surface area contributed by atoms with Crippen molar-refractivity contribution in [1.29, 1.82) is 0 Å². The molecule has 2 rings (SSSR count). The molecule has 0 bridgehead atoms. The lowest BCUT2D eigenvalue weighted by Gasteiger charge is -2.29. The van der Waals surface area contributed by atoms with Crippen molar-refractivity contribution in [2.24, 2.45) is 13.0 Å². The van der Waals surface area contributed by atoms with Crippen molar-refractivity contribution in [1.82, 2.24) is 20.0 Å². The van der Waals surface area contributed by atoms with Crippen molar-refractivity contribution in [2.45, 2.75) is 26.3 Å². The van der Waals surface area contributed by atoms with E-state index in [9.17, 15) is 0 Å². The minimum atomic E-state index is 0.753. The Morgan fingerprint density at radius 1 is 1.33 bits per heavy atom. The van der Waals surface area contributed by atoms with Gasteiger partial charge in [0.1, 0.15) is 5.15 Å². The van der Waals surface area contributed by atoms with Crippen molar-refractivity contribution < 1.29 is 0 Å². The monoisotopic (exact) mass is 270 g/mol. The molecule has 0 amide bonds. The van der Waals surface area contributed by atoms with Crippen LogP contribution >= 0.6 is 11.6 Å². The summed E-state index contributed by atoms with van der Waals surface area (Å²) < 4.78 is 1.74. The number of aryl methyl sites for hydroxylation is 2. The largest absolute Gasteiger partial charge is 0.312 e.